The van der Waals surface area contributed by atoms with Crippen molar-refractivity contribution in [2.24, 2.45) is 0 Å². The molecule has 0 fully saturated rings. The number of ether oxygens (including phenoxy) is 1. The summed E-state index contributed by atoms with van der Waals surface area (Å²) in [5, 5.41) is 0. The van der Waals surface area contributed by atoms with Crippen LogP contribution >= 0.6 is 0 Å². The van der Waals surface area contributed by atoms with Gasteiger partial charge in [0.1, 0.15) is 5.75 Å². The van der Waals surface area contributed by atoms with E-state index < -0.39 is 0 Å². The Morgan fingerprint density at radius 1 is 0.586 bits per heavy atom. The van der Waals surface area contributed by atoms with Crippen molar-refractivity contribution in [3.63, 3.8) is 0 Å². The summed E-state index contributed by atoms with van der Waals surface area (Å²) in [6.07, 6.45) is 0. The summed E-state index contributed by atoms with van der Waals surface area (Å²) in [6.45, 7) is 0. The van der Waals surface area contributed by atoms with Gasteiger partial charge in [-0.3, -0.25) is 4.79 Å². The fourth-order valence-corrected chi connectivity index (χ4v) is 3.27. The van der Waals surface area contributed by atoms with Gasteiger partial charge in [-0.2, -0.15) is 0 Å². The molecule has 0 radical (unpaired) electrons. The Balaban J connectivity index is 1.66. The molecule has 0 bridgehead atoms. The molecule has 0 aliphatic carbocycles. The fourth-order valence-electron chi connectivity index (χ4n) is 3.27. The summed E-state index contributed by atoms with van der Waals surface area (Å²) in [6, 6.07) is 35.3. The summed E-state index contributed by atoms with van der Waals surface area (Å²) >= 11 is 0. The SMILES string of the molecule is COc1ccc(C(=O)c2ccc(N(c3ccccc3)c3ccccc3)cc2)cc1. The molecule has 0 N–H and O–H groups in total. The molecule has 0 aliphatic rings. The zero-order valence-electron chi connectivity index (χ0n) is 16.2. The van der Waals surface area contributed by atoms with Crippen LogP contribution in [0.1, 0.15) is 15.9 Å². The number of ketones is 1. The average Bonchev–Trinajstić information content (AvgIpc) is 2.81. The predicted molar refractivity (Wildman–Crippen MR) is 118 cm³/mol. The van der Waals surface area contributed by atoms with E-state index >= 15 is 0 Å². The summed E-state index contributed by atoms with van der Waals surface area (Å²) < 4.78 is 5.16. The van der Waals surface area contributed by atoms with Crippen LogP contribution in [0.15, 0.2) is 109 Å². The summed E-state index contributed by atoms with van der Waals surface area (Å²) in [7, 11) is 1.61. The van der Waals surface area contributed by atoms with E-state index in [4.69, 9.17) is 4.74 Å². The number of nitrogens with zero attached hydrogens (tertiary/aromatic N) is 1. The molecule has 0 atom stereocenters. The lowest BCUT2D eigenvalue weighted by Crippen LogP contribution is -2.10. The van der Waals surface area contributed by atoms with Crippen molar-refractivity contribution < 1.29 is 9.53 Å². The number of methoxy groups -OCH3 is 1. The van der Waals surface area contributed by atoms with Gasteiger partial charge in [0.2, 0.25) is 0 Å². The summed E-state index contributed by atoms with van der Waals surface area (Å²) in [5.41, 5.74) is 4.41. The number of hydrogen-bond donors (Lipinski definition) is 0. The lowest BCUT2D eigenvalue weighted by molar-refractivity contribution is 0.103. The molecule has 4 aromatic carbocycles. The van der Waals surface area contributed by atoms with Crippen molar-refractivity contribution in [3.8, 4) is 5.75 Å². The van der Waals surface area contributed by atoms with E-state index in [9.17, 15) is 4.79 Å². The van der Waals surface area contributed by atoms with Gasteiger partial charge in [-0.15, -0.1) is 0 Å². The molecule has 0 heterocycles. The minimum Gasteiger partial charge on any atom is -0.497 e. The molecule has 29 heavy (non-hydrogen) atoms. The Hall–Kier alpha value is -3.85. The highest BCUT2D eigenvalue weighted by atomic mass is 16.5. The molecule has 0 amide bonds. The number of rotatable bonds is 6. The number of para-hydroxylation sites is 2. The average molecular weight is 379 g/mol. The third-order valence-corrected chi connectivity index (χ3v) is 4.77. The van der Waals surface area contributed by atoms with Crippen LogP contribution < -0.4 is 9.64 Å². The van der Waals surface area contributed by atoms with Gasteiger partial charge in [0, 0.05) is 28.2 Å². The van der Waals surface area contributed by atoms with Crippen LogP contribution in [0.4, 0.5) is 17.1 Å². The first-order valence-electron chi connectivity index (χ1n) is 9.45. The van der Waals surface area contributed by atoms with Crippen LogP contribution in [-0.2, 0) is 0 Å². The molecule has 3 heteroatoms. The second kappa shape index (κ2) is 8.44. The van der Waals surface area contributed by atoms with Crippen LogP contribution in [0, 0.1) is 0 Å². The second-order valence-corrected chi connectivity index (χ2v) is 6.61. The van der Waals surface area contributed by atoms with Gasteiger partial charge in [-0.1, -0.05) is 36.4 Å². The Bertz CT molecular complexity index is 1030. The second-order valence-electron chi connectivity index (χ2n) is 6.61. The highest BCUT2D eigenvalue weighted by Crippen LogP contribution is 2.34. The van der Waals surface area contributed by atoms with Gasteiger partial charge in [0.25, 0.3) is 0 Å². The molecular formula is C26H21NO2. The van der Waals surface area contributed by atoms with Crippen molar-refractivity contribution >= 4 is 22.8 Å². The normalized spacial score (nSPS) is 10.4. The van der Waals surface area contributed by atoms with E-state index in [0.29, 0.717) is 11.1 Å². The number of anilines is 3. The quantitative estimate of drug-likeness (QED) is 0.363. The highest BCUT2D eigenvalue weighted by Gasteiger charge is 2.14. The number of carbonyl (C=O) groups is 1. The van der Waals surface area contributed by atoms with Crippen LogP contribution in [0.25, 0.3) is 0 Å². The number of carbonyl (C=O) groups excluding carboxylic acids is 1. The maximum atomic E-state index is 12.8. The largest absolute Gasteiger partial charge is 0.497 e. The third-order valence-electron chi connectivity index (χ3n) is 4.77. The van der Waals surface area contributed by atoms with Crippen molar-refractivity contribution in [2.75, 3.05) is 12.0 Å². The van der Waals surface area contributed by atoms with Crippen molar-refractivity contribution in [1.29, 1.82) is 0 Å². The van der Waals surface area contributed by atoms with E-state index in [1.54, 1.807) is 31.4 Å². The Morgan fingerprint density at radius 3 is 1.45 bits per heavy atom. The van der Waals surface area contributed by atoms with Gasteiger partial charge < -0.3 is 9.64 Å². The molecule has 0 spiro atoms. The first-order chi connectivity index (χ1) is 14.3. The van der Waals surface area contributed by atoms with Crippen molar-refractivity contribution in [3.05, 3.63) is 120 Å². The first kappa shape index (κ1) is 18.5. The smallest absolute Gasteiger partial charge is 0.193 e. The monoisotopic (exact) mass is 379 g/mol. The molecular weight excluding hydrogens is 358 g/mol. The molecule has 0 saturated heterocycles. The molecule has 0 unspecified atom stereocenters. The zero-order chi connectivity index (χ0) is 20.1. The molecule has 0 aliphatic heterocycles. The standard InChI is InChI=1S/C26H21NO2/c1-29-25-18-14-21(15-19-25)26(28)20-12-16-24(17-13-20)27(22-8-4-2-5-9-22)23-10-6-3-7-11-23/h2-19H,1H3. The van der Waals surface area contributed by atoms with E-state index in [-0.39, 0.29) is 5.78 Å². The molecule has 142 valence electrons. The molecule has 4 rings (SSSR count). The van der Waals surface area contributed by atoms with Crippen LogP contribution in [0.5, 0.6) is 5.75 Å². The molecule has 0 aromatic heterocycles. The van der Waals surface area contributed by atoms with Crippen LogP contribution in [-0.4, -0.2) is 12.9 Å². The Morgan fingerprint density at radius 2 is 1.00 bits per heavy atom. The molecule has 0 saturated carbocycles. The van der Waals surface area contributed by atoms with Crippen molar-refractivity contribution in [1.82, 2.24) is 0 Å². The highest BCUT2D eigenvalue weighted by molar-refractivity contribution is 6.09. The van der Waals surface area contributed by atoms with Gasteiger partial charge in [-0.25, -0.2) is 0 Å². The van der Waals surface area contributed by atoms with Gasteiger partial charge >= 0.3 is 0 Å². The number of benzene rings is 4. The third kappa shape index (κ3) is 4.04. The minimum atomic E-state index is -0.00910. The van der Waals surface area contributed by atoms with Gasteiger partial charge in [0.15, 0.2) is 5.78 Å². The Kier molecular flexibility index (Phi) is 5.39. The van der Waals surface area contributed by atoms with E-state index in [0.717, 1.165) is 22.8 Å². The zero-order valence-corrected chi connectivity index (χ0v) is 16.2. The lowest BCUT2D eigenvalue weighted by atomic mass is 10.0. The maximum absolute atomic E-state index is 12.8. The van der Waals surface area contributed by atoms with Crippen LogP contribution in [0.2, 0.25) is 0 Å². The maximum Gasteiger partial charge on any atom is 0.193 e. The lowest BCUT2D eigenvalue weighted by Gasteiger charge is -2.25. The minimum absolute atomic E-state index is 0.00910. The predicted octanol–water partition coefficient (Wildman–Crippen LogP) is 6.40. The first-order valence-corrected chi connectivity index (χ1v) is 9.45. The topological polar surface area (TPSA) is 29.5 Å². The molecule has 4 aromatic rings. The van der Waals surface area contributed by atoms with Crippen molar-refractivity contribution in [2.45, 2.75) is 0 Å². The van der Waals surface area contributed by atoms with Gasteiger partial charge in [-0.05, 0) is 72.8 Å². The summed E-state index contributed by atoms with van der Waals surface area (Å²) in [5.74, 6) is 0.725. The fraction of sp³-hybridized carbons (Fsp3) is 0.0385. The van der Waals surface area contributed by atoms with Crippen LogP contribution in [0.3, 0.4) is 0 Å². The van der Waals surface area contributed by atoms with E-state index in [1.807, 2.05) is 60.7 Å². The Labute approximate surface area is 170 Å². The molecule has 3 nitrogen and oxygen atoms in total. The van der Waals surface area contributed by atoms with E-state index in [2.05, 4.69) is 29.2 Å². The van der Waals surface area contributed by atoms with Gasteiger partial charge in [0.05, 0.1) is 7.11 Å². The number of hydrogen-bond acceptors (Lipinski definition) is 3. The van der Waals surface area contributed by atoms with E-state index in [1.165, 1.54) is 0 Å². The summed E-state index contributed by atoms with van der Waals surface area (Å²) in [4.78, 5) is 15.0.